The lowest BCUT2D eigenvalue weighted by Crippen LogP contribution is -2.24. The Bertz CT molecular complexity index is 401. The maximum absolute atomic E-state index is 11.4. The second-order valence-corrected chi connectivity index (χ2v) is 4.57. The van der Waals surface area contributed by atoms with E-state index in [0.717, 1.165) is 0 Å². The highest BCUT2D eigenvalue weighted by molar-refractivity contribution is 7.91. The van der Waals surface area contributed by atoms with Crippen LogP contribution in [0.5, 0.6) is 0 Å². The summed E-state index contributed by atoms with van der Waals surface area (Å²) in [7, 11) is -3.11. The standard InChI is InChI=1S/C6H7N3O2S/c10-12(11)4-3-7-6-5(12)1-2-8-9-6/h1-2H,3-4H2,(H,7,9). The van der Waals surface area contributed by atoms with Crippen molar-refractivity contribution in [2.45, 2.75) is 4.90 Å². The molecule has 1 aromatic rings. The molecule has 1 aliphatic rings. The van der Waals surface area contributed by atoms with Gasteiger partial charge in [0, 0.05) is 6.54 Å². The van der Waals surface area contributed by atoms with Gasteiger partial charge in [0.2, 0.25) is 0 Å². The van der Waals surface area contributed by atoms with E-state index in [1.54, 1.807) is 0 Å². The summed E-state index contributed by atoms with van der Waals surface area (Å²) in [4.78, 5) is 0.253. The normalized spacial score (nSPS) is 19.3. The summed E-state index contributed by atoms with van der Waals surface area (Å²) in [5, 5.41) is 10.1. The third-order valence-electron chi connectivity index (χ3n) is 1.68. The summed E-state index contributed by atoms with van der Waals surface area (Å²) in [5.74, 6) is 0.495. The van der Waals surface area contributed by atoms with E-state index in [4.69, 9.17) is 0 Å². The van der Waals surface area contributed by atoms with Crippen LogP contribution in [0.2, 0.25) is 0 Å². The van der Waals surface area contributed by atoms with Crippen LogP contribution < -0.4 is 5.32 Å². The molecule has 0 aliphatic carbocycles. The maximum Gasteiger partial charge on any atom is 0.183 e. The molecule has 5 nitrogen and oxygen atoms in total. The molecule has 2 rings (SSSR count). The molecule has 0 saturated heterocycles. The quantitative estimate of drug-likeness (QED) is 0.599. The number of aromatic nitrogens is 2. The highest BCUT2D eigenvalue weighted by Gasteiger charge is 2.23. The molecule has 0 aromatic carbocycles. The fraction of sp³-hybridized carbons (Fsp3) is 0.333. The van der Waals surface area contributed by atoms with E-state index in [9.17, 15) is 8.42 Å². The highest BCUT2D eigenvalue weighted by atomic mass is 32.2. The molecule has 0 bridgehead atoms. The van der Waals surface area contributed by atoms with Gasteiger partial charge in [0.25, 0.3) is 0 Å². The van der Waals surface area contributed by atoms with Crippen LogP contribution in [0, 0.1) is 0 Å². The third kappa shape index (κ3) is 1.04. The Kier molecular flexibility index (Phi) is 1.50. The van der Waals surface area contributed by atoms with Crippen LogP contribution in [0.15, 0.2) is 17.2 Å². The van der Waals surface area contributed by atoms with E-state index < -0.39 is 9.84 Å². The lowest BCUT2D eigenvalue weighted by atomic mass is 10.5. The van der Waals surface area contributed by atoms with Gasteiger partial charge in [-0.3, -0.25) is 0 Å². The van der Waals surface area contributed by atoms with E-state index >= 15 is 0 Å². The predicted octanol–water partition coefficient (Wildman–Crippen LogP) is -0.324. The van der Waals surface area contributed by atoms with Crippen molar-refractivity contribution in [1.29, 1.82) is 0 Å². The topological polar surface area (TPSA) is 72.0 Å². The van der Waals surface area contributed by atoms with Gasteiger partial charge < -0.3 is 5.32 Å². The average molecular weight is 185 g/mol. The first-order valence-corrected chi connectivity index (χ1v) is 5.14. The van der Waals surface area contributed by atoms with E-state index in [1.165, 1.54) is 12.3 Å². The molecule has 12 heavy (non-hydrogen) atoms. The van der Waals surface area contributed by atoms with Gasteiger partial charge in [0.05, 0.1) is 11.9 Å². The molecular weight excluding hydrogens is 178 g/mol. The number of rotatable bonds is 0. The van der Waals surface area contributed by atoms with Crippen LogP contribution in [0.1, 0.15) is 0 Å². The Hall–Kier alpha value is -1.17. The molecule has 1 N–H and O–H groups in total. The molecule has 0 spiro atoms. The van der Waals surface area contributed by atoms with Crippen molar-refractivity contribution in [1.82, 2.24) is 10.2 Å². The molecule has 0 unspecified atom stereocenters. The number of nitrogens with zero attached hydrogens (tertiary/aromatic N) is 2. The van der Waals surface area contributed by atoms with Crippen LogP contribution in [0.4, 0.5) is 5.82 Å². The van der Waals surface area contributed by atoms with Gasteiger partial charge in [-0.15, -0.1) is 5.10 Å². The van der Waals surface area contributed by atoms with Crippen molar-refractivity contribution >= 4 is 15.7 Å². The van der Waals surface area contributed by atoms with Gasteiger partial charge >= 0.3 is 0 Å². The van der Waals surface area contributed by atoms with E-state index in [-0.39, 0.29) is 10.6 Å². The molecular formula is C6H7N3O2S. The highest BCUT2D eigenvalue weighted by Crippen LogP contribution is 2.21. The summed E-state index contributed by atoms with van der Waals surface area (Å²) < 4.78 is 22.7. The largest absolute Gasteiger partial charge is 0.366 e. The Morgan fingerprint density at radius 3 is 3.08 bits per heavy atom. The monoisotopic (exact) mass is 185 g/mol. The molecule has 1 aromatic heterocycles. The first-order valence-electron chi connectivity index (χ1n) is 3.48. The Labute approximate surface area is 69.7 Å². The van der Waals surface area contributed by atoms with Gasteiger partial charge in [0.1, 0.15) is 4.90 Å². The molecule has 0 amide bonds. The van der Waals surface area contributed by atoms with Crippen molar-refractivity contribution in [3.63, 3.8) is 0 Å². The molecule has 1 aliphatic heterocycles. The first kappa shape index (κ1) is 7.48. The summed E-state index contributed by atoms with van der Waals surface area (Å²) >= 11 is 0. The smallest absolute Gasteiger partial charge is 0.183 e. The van der Waals surface area contributed by atoms with Crippen molar-refractivity contribution in [2.24, 2.45) is 0 Å². The Balaban J connectivity index is 2.67. The molecule has 2 heterocycles. The van der Waals surface area contributed by atoms with Gasteiger partial charge in [0.15, 0.2) is 15.7 Å². The lowest BCUT2D eigenvalue weighted by Gasteiger charge is -2.15. The predicted molar refractivity (Wildman–Crippen MR) is 42.6 cm³/mol. The van der Waals surface area contributed by atoms with E-state index in [1.807, 2.05) is 0 Å². The second kappa shape index (κ2) is 2.41. The van der Waals surface area contributed by atoms with Crippen molar-refractivity contribution in [2.75, 3.05) is 17.6 Å². The van der Waals surface area contributed by atoms with Gasteiger partial charge in [-0.1, -0.05) is 0 Å². The fourth-order valence-electron chi connectivity index (χ4n) is 1.11. The van der Waals surface area contributed by atoms with Crippen LogP contribution in [0.3, 0.4) is 0 Å². The third-order valence-corrected chi connectivity index (χ3v) is 3.42. The van der Waals surface area contributed by atoms with Crippen LogP contribution in [0.25, 0.3) is 0 Å². The number of nitrogens with one attached hydrogen (secondary N) is 1. The van der Waals surface area contributed by atoms with Gasteiger partial charge in [-0.2, -0.15) is 5.10 Å². The summed E-state index contributed by atoms with van der Waals surface area (Å²) in [6.45, 7) is 0.411. The van der Waals surface area contributed by atoms with Crippen molar-refractivity contribution in [3.05, 3.63) is 12.3 Å². The fourth-order valence-corrected chi connectivity index (χ4v) is 2.37. The molecule has 0 atom stereocenters. The number of hydrogen-bond donors (Lipinski definition) is 1. The molecule has 0 radical (unpaired) electrons. The maximum atomic E-state index is 11.4. The molecule has 0 saturated carbocycles. The second-order valence-electron chi connectivity index (χ2n) is 2.49. The zero-order chi connectivity index (χ0) is 8.60. The minimum absolute atomic E-state index is 0.131. The number of sulfone groups is 1. The average Bonchev–Trinajstić information content (AvgIpc) is 2.04. The molecule has 6 heteroatoms. The van der Waals surface area contributed by atoms with Crippen LogP contribution >= 0.6 is 0 Å². The zero-order valence-electron chi connectivity index (χ0n) is 6.19. The minimum Gasteiger partial charge on any atom is -0.366 e. The van der Waals surface area contributed by atoms with Crippen molar-refractivity contribution < 1.29 is 8.42 Å². The lowest BCUT2D eigenvalue weighted by molar-refractivity contribution is 0.593. The first-order chi connectivity index (χ1) is 5.70. The van der Waals surface area contributed by atoms with Crippen molar-refractivity contribution in [3.8, 4) is 0 Å². The van der Waals surface area contributed by atoms with Crippen LogP contribution in [-0.4, -0.2) is 30.9 Å². The Morgan fingerprint density at radius 1 is 1.50 bits per heavy atom. The van der Waals surface area contributed by atoms with Gasteiger partial charge in [-0.25, -0.2) is 8.42 Å². The number of anilines is 1. The minimum atomic E-state index is -3.11. The summed E-state index contributed by atoms with van der Waals surface area (Å²) in [6, 6.07) is 1.46. The number of hydrogen-bond acceptors (Lipinski definition) is 5. The summed E-state index contributed by atoms with van der Waals surface area (Å²) in [5.41, 5.74) is 0. The van der Waals surface area contributed by atoms with E-state index in [2.05, 4.69) is 15.5 Å². The van der Waals surface area contributed by atoms with Gasteiger partial charge in [-0.05, 0) is 6.07 Å². The Morgan fingerprint density at radius 2 is 2.33 bits per heavy atom. The van der Waals surface area contributed by atoms with Crippen LogP contribution in [-0.2, 0) is 9.84 Å². The SMILES string of the molecule is O=S1(=O)CCNc2nnccc21. The van der Waals surface area contributed by atoms with E-state index in [0.29, 0.717) is 12.4 Å². The molecule has 64 valence electrons. The molecule has 0 fully saturated rings. The zero-order valence-corrected chi connectivity index (χ0v) is 7.00. The number of fused-ring (bicyclic) bond motifs is 1. The summed E-state index contributed by atoms with van der Waals surface area (Å²) in [6.07, 6.45) is 1.38.